The van der Waals surface area contributed by atoms with Crippen molar-refractivity contribution < 1.29 is 9.22 Å². The zero-order valence-electron chi connectivity index (χ0n) is 12.1. The molecule has 0 amide bonds. The van der Waals surface area contributed by atoms with Crippen molar-refractivity contribution >= 4 is 25.9 Å². The molecule has 2 nitrogen and oxygen atoms in total. The molecule has 0 fully saturated rings. The van der Waals surface area contributed by atoms with Crippen LogP contribution >= 0.6 is 11.3 Å². The minimum absolute atomic E-state index is 0.269. The first-order valence-corrected chi connectivity index (χ1v) is 10.1. The van der Waals surface area contributed by atoms with Crippen LogP contribution in [-0.2, 0) is 22.1 Å². The van der Waals surface area contributed by atoms with Gasteiger partial charge in [0.15, 0.2) is 8.32 Å². The molecule has 1 aromatic heterocycles. The second-order valence-corrected chi connectivity index (χ2v) is 12.2. The number of carbonyl (C=O) groups excluding carboxylic acids is 1. The normalized spacial score (nSPS) is 12.7. The largest absolute Gasteiger partial charge is 0.416 e. The quantitative estimate of drug-likeness (QED) is 0.582. The van der Waals surface area contributed by atoms with Gasteiger partial charge >= 0.3 is 0 Å². The molecule has 0 aliphatic heterocycles. The molecule has 102 valence electrons. The Balaban J connectivity index is 2.44. The third-order valence-electron chi connectivity index (χ3n) is 3.62. The molecule has 0 atom stereocenters. The molecule has 0 aliphatic rings. The standard InChI is InChI=1S/C14H24O2SSi/c1-14(2,3)18(4,5)16-11-9-13-7-6-12(17-13)8-10-15/h6-7,10H,8-9,11H2,1-5H3. The van der Waals surface area contributed by atoms with E-state index in [9.17, 15) is 4.79 Å². The minimum atomic E-state index is -1.62. The third-order valence-corrected chi connectivity index (χ3v) is 9.32. The number of hydrogen-bond donors (Lipinski definition) is 0. The fourth-order valence-electron chi connectivity index (χ4n) is 1.37. The van der Waals surface area contributed by atoms with Crippen LogP contribution in [0.25, 0.3) is 0 Å². The zero-order valence-corrected chi connectivity index (χ0v) is 13.9. The summed E-state index contributed by atoms with van der Waals surface area (Å²) in [6.45, 7) is 12.1. The molecule has 0 N–H and O–H groups in total. The predicted molar refractivity (Wildman–Crippen MR) is 80.9 cm³/mol. The predicted octanol–water partition coefficient (Wildman–Crippen LogP) is 4.05. The molecule has 0 saturated heterocycles. The Morgan fingerprint density at radius 3 is 2.44 bits per heavy atom. The molecule has 0 unspecified atom stereocenters. The molecule has 1 rings (SSSR count). The van der Waals surface area contributed by atoms with Gasteiger partial charge in [-0.2, -0.15) is 0 Å². The molecule has 1 heterocycles. The van der Waals surface area contributed by atoms with Gasteiger partial charge < -0.3 is 9.22 Å². The molecular weight excluding hydrogens is 260 g/mol. The molecule has 18 heavy (non-hydrogen) atoms. The Kier molecular flexibility index (Phi) is 5.31. The zero-order chi connectivity index (χ0) is 13.8. The number of hydrogen-bond acceptors (Lipinski definition) is 3. The summed E-state index contributed by atoms with van der Waals surface area (Å²) in [6.07, 6.45) is 2.45. The van der Waals surface area contributed by atoms with E-state index < -0.39 is 8.32 Å². The van der Waals surface area contributed by atoms with Crippen LogP contribution in [0.5, 0.6) is 0 Å². The van der Waals surface area contributed by atoms with Gasteiger partial charge in [-0.25, -0.2) is 0 Å². The Labute approximate surface area is 116 Å². The molecule has 0 aliphatic carbocycles. The Hall–Kier alpha value is -0.453. The van der Waals surface area contributed by atoms with Gasteiger partial charge in [0, 0.05) is 29.2 Å². The van der Waals surface area contributed by atoms with E-state index >= 15 is 0 Å². The highest BCUT2D eigenvalue weighted by Crippen LogP contribution is 2.36. The number of rotatable bonds is 6. The van der Waals surface area contributed by atoms with Crippen LogP contribution in [-0.4, -0.2) is 21.2 Å². The van der Waals surface area contributed by atoms with Crippen LogP contribution in [0.2, 0.25) is 18.1 Å². The highest BCUT2D eigenvalue weighted by molar-refractivity contribution is 7.12. The summed E-state index contributed by atoms with van der Waals surface area (Å²) in [6, 6.07) is 4.15. The van der Waals surface area contributed by atoms with E-state index in [0.717, 1.165) is 24.2 Å². The third kappa shape index (κ3) is 4.34. The average molecular weight is 284 g/mol. The Morgan fingerprint density at radius 2 is 1.89 bits per heavy atom. The second-order valence-electron chi connectivity index (χ2n) is 6.10. The van der Waals surface area contributed by atoms with Gasteiger partial charge in [0.2, 0.25) is 0 Å². The summed E-state index contributed by atoms with van der Waals surface area (Å²) in [5.74, 6) is 0. The van der Waals surface area contributed by atoms with Crippen molar-refractivity contribution in [3.05, 3.63) is 21.9 Å². The van der Waals surface area contributed by atoms with Crippen LogP contribution in [0.3, 0.4) is 0 Å². The maximum absolute atomic E-state index is 10.4. The fraction of sp³-hybridized carbons (Fsp3) is 0.643. The van der Waals surface area contributed by atoms with E-state index in [1.54, 1.807) is 11.3 Å². The second kappa shape index (κ2) is 6.13. The molecular formula is C14H24O2SSi. The molecule has 0 saturated carbocycles. The molecule has 1 aromatic rings. The van der Waals surface area contributed by atoms with Crippen LogP contribution in [0.4, 0.5) is 0 Å². The Bertz CT molecular complexity index is 391. The summed E-state index contributed by atoms with van der Waals surface area (Å²) in [5.41, 5.74) is 0. The molecule has 0 spiro atoms. The van der Waals surface area contributed by atoms with Gasteiger partial charge in [-0.3, -0.25) is 0 Å². The van der Waals surface area contributed by atoms with Crippen LogP contribution in [0.15, 0.2) is 12.1 Å². The lowest BCUT2D eigenvalue weighted by Crippen LogP contribution is -2.41. The first-order valence-electron chi connectivity index (χ1n) is 6.41. The maximum atomic E-state index is 10.4. The van der Waals surface area contributed by atoms with E-state index in [0.29, 0.717) is 6.42 Å². The van der Waals surface area contributed by atoms with Gasteiger partial charge in [0.1, 0.15) is 6.29 Å². The van der Waals surface area contributed by atoms with Crippen LogP contribution in [0, 0.1) is 0 Å². The summed E-state index contributed by atoms with van der Waals surface area (Å²) in [5, 5.41) is 0.269. The molecule has 0 bridgehead atoms. The summed E-state index contributed by atoms with van der Waals surface area (Å²) >= 11 is 1.72. The van der Waals surface area contributed by atoms with Gasteiger partial charge in [-0.05, 0) is 30.3 Å². The first kappa shape index (κ1) is 15.6. The van der Waals surface area contributed by atoms with E-state index in [1.165, 1.54) is 4.88 Å². The highest BCUT2D eigenvalue weighted by atomic mass is 32.1. The lowest BCUT2D eigenvalue weighted by Gasteiger charge is -2.36. The number of aldehydes is 1. The Morgan fingerprint density at radius 1 is 1.28 bits per heavy atom. The van der Waals surface area contributed by atoms with Crippen molar-refractivity contribution in [3.63, 3.8) is 0 Å². The fourth-order valence-corrected chi connectivity index (χ4v) is 3.36. The molecule has 0 aromatic carbocycles. The first-order chi connectivity index (χ1) is 8.26. The van der Waals surface area contributed by atoms with E-state index in [4.69, 9.17) is 4.43 Å². The topological polar surface area (TPSA) is 26.3 Å². The van der Waals surface area contributed by atoms with E-state index in [2.05, 4.69) is 39.9 Å². The summed E-state index contributed by atoms with van der Waals surface area (Å²) in [7, 11) is -1.62. The molecule has 4 heteroatoms. The van der Waals surface area contributed by atoms with Crippen molar-refractivity contribution in [1.82, 2.24) is 0 Å². The van der Waals surface area contributed by atoms with Crippen molar-refractivity contribution in [1.29, 1.82) is 0 Å². The van der Waals surface area contributed by atoms with Crippen LogP contribution < -0.4 is 0 Å². The SMILES string of the molecule is CC(C)(C)[Si](C)(C)OCCc1ccc(CC=O)s1. The maximum Gasteiger partial charge on any atom is 0.191 e. The average Bonchev–Trinajstić information content (AvgIpc) is 2.64. The number of thiophene rings is 1. The lowest BCUT2D eigenvalue weighted by molar-refractivity contribution is -0.107. The number of carbonyl (C=O) groups is 1. The van der Waals surface area contributed by atoms with Crippen molar-refractivity contribution in [2.75, 3.05) is 6.61 Å². The van der Waals surface area contributed by atoms with Gasteiger partial charge in [-0.15, -0.1) is 11.3 Å². The van der Waals surface area contributed by atoms with Gasteiger partial charge in [0.05, 0.1) is 0 Å². The van der Waals surface area contributed by atoms with Gasteiger partial charge in [0.25, 0.3) is 0 Å². The highest BCUT2D eigenvalue weighted by Gasteiger charge is 2.36. The lowest BCUT2D eigenvalue weighted by atomic mass is 10.2. The summed E-state index contributed by atoms with van der Waals surface area (Å²) < 4.78 is 6.14. The summed E-state index contributed by atoms with van der Waals surface area (Å²) in [4.78, 5) is 12.9. The van der Waals surface area contributed by atoms with E-state index in [1.807, 2.05) is 6.07 Å². The van der Waals surface area contributed by atoms with E-state index in [-0.39, 0.29) is 5.04 Å². The smallest absolute Gasteiger partial charge is 0.191 e. The van der Waals surface area contributed by atoms with Gasteiger partial charge in [-0.1, -0.05) is 20.8 Å². The minimum Gasteiger partial charge on any atom is -0.416 e. The van der Waals surface area contributed by atoms with Crippen molar-refractivity contribution in [2.24, 2.45) is 0 Å². The van der Waals surface area contributed by atoms with Crippen molar-refractivity contribution in [2.45, 2.75) is 51.7 Å². The van der Waals surface area contributed by atoms with Crippen molar-refractivity contribution in [3.8, 4) is 0 Å². The monoisotopic (exact) mass is 284 g/mol. The van der Waals surface area contributed by atoms with Crippen LogP contribution in [0.1, 0.15) is 30.5 Å². The molecule has 0 radical (unpaired) electrons.